The Morgan fingerprint density at radius 2 is 1.91 bits per heavy atom. The average Bonchev–Trinajstić information content (AvgIpc) is 2.87. The summed E-state index contributed by atoms with van der Waals surface area (Å²) in [4.78, 5) is 7.42. The molecule has 0 aliphatic carbocycles. The van der Waals surface area contributed by atoms with E-state index in [0.717, 1.165) is 27.9 Å². The summed E-state index contributed by atoms with van der Waals surface area (Å²) in [5.74, 6) is 1.55. The number of hydrogen-bond donors (Lipinski definition) is 2. The van der Waals surface area contributed by atoms with Crippen LogP contribution in [0.1, 0.15) is 11.1 Å². The van der Waals surface area contributed by atoms with Crippen molar-refractivity contribution in [3.8, 4) is 17.4 Å². The lowest BCUT2D eigenvalue weighted by molar-refractivity contribution is 0.171. The highest BCUT2D eigenvalue weighted by atomic mass is 16.6. The van der Waals surface area contributed by atoms with Crippen molar-refractivity contribution in [3.63, 3.8) is 0 Å². The van der Waals surface area contributed by atoms with Crippen molar-refractivity contribution in [1.82, 2.24) is 4.98 Å². The number of fused-ring (bicyclic) bond motifs is 2. The molecule has 5 nitrogen and oxygen atoms in total. The molecular weight excluding hydrogens is 292 g/mol. The van der Waals surface area contributed by atoms with Gasteiger partial charge in [0.25, 0.3) is 0 Å². The average molecular weight is 308 g/mol. The number of nitrogens with zero attached hydrogens (tertiary/aromatic N) is 1. The largest absolute Gasteiger partial charge is 0.494 e. The molecule has 23 heavy (non-hydrogen) atoms. The van der Waals surface area contributed by atoms with Gasteiger partial charge in [0.2, 0.25) is 0 Å². The van der Waals surface area contributed by atoms with Gasteiger partial charge in [0, 0.05) is 23.2 Å². The molecule has 116 valence electrons. The summed E-state index contributed by atoms with van der Waals surface area (Å²) in [6.45, 7) is 3.13. The second-order valence-corrected chi connectivity index (χ2v) is 5.52. The number of rotatable bonds is 2. The molecule has 0 bridgehead atoms. The van der Waals surface area contributed by atoms with Crippen molar-refractivity contribution >= 4 is 22.8 Å². The Kier molecular flexibility index (Phi) is 3.19. The van der Waals surface area contributed by atoms with E-state index < -0.39 is 0 Å². The fraction of sp³-hybridized carbons (Fsp3) is 0.167. The first kappa shape index (κ1) is 13.7. The molecule has 2 N–H and O–H groups in total. The molecule has 0 saturated heterocycles. The van der Waals surface area contributed by atoms with Crippen molar-refractivity contribution in [1.29, 1.82) is 0 Å². The van der Waals surface area contributed by atoms with E-state index in [0.29, 0.717) is 24.5 Å². The minimum absolute atomic E-state index is 0.117. The van der Waals surface area contributed by atoms with Crippen LogP contribution in [0.3, 0.4) is 0 Å². The molecule has 0 unspecified atom stereocenters. The van der Waals surface area contributed by atoms with E-state index in [1.54, 1.807) is 6.21 Å². The van der Waals surface area contributed by atoms with Gasteiger partial charge in [0.1, 0.15) is 13.2 Å². The minimum Gasteiger partial charge on any atom is -0.494 e. The molecule has 5 heteroatoms. The van der Waals surface area contributed by atoms with Crippen LogP contribution in [0, 0.1) is 6.92 Å². The summed E-state index contributed by atoms with van der Waals surface area (Å²) in [7, 11) is 0. The zero-order valence-corrected chi connectivity index (χ0v) is 12.7. The molecule has 0 radical (unpaired) electrons. The smallest absolute Gasteiger partial charge is 0.198 e. The molecule has 0 spiro atoms. The molecule has 1 aliphatic rings. The Bertz CT molecular complexity index is 912. The molecule has 1 aromatic heterocycles. The third-order valence-corrected chi connectivity index (χ3v) is 3.84. The van der Waals surface area contributed by atoms with Crippen LogP contribution in [0.25, 0.3) is 10.9 Å². The number of aromatic hydroxyl groups is 1. The van der Waals surface area contributed by atoms with Crippen LogP contribution in [0.15, 0.2) is 41.4 Å². The van der Waals surface area contributed by atoms with Crippen molar-refractivity contribution < 1.29 is 14.6 Å². The Labute approximate surface area is 133 Å². The molecule has 1 aliphatic heterocycles. The molecular formula is C18H16N2O3. The van der Waals surface area contributed by atoms with Gasteiger partial charge in [-0.25, -0.2) is 0 Å². The highest BCUT2D eigenvalue weighted by molar-refractivity contribution is 6.02. The number of H-pyrrole nitrogens is 1. The SMILES string of the molecule is Cc1ccc2[nH]c(O)c(C=Nc3ccc4c(c3)OCCO4)c2c1. The van der Waals surface area contributed by atoms with Crippen LogP contribution in [-0.2, 0) is 0 Å². The number of aryl methyl sites for hydroxylation is 1. The van der Waals surface area contributed by atoms with Gasteiger partial charge >= 0.3 is 0 Å². The fourth-order valence-corrected chi connectivity index (χ4v) is 2.69. The van der Waals surface area contributed by atoms with E-state index >= 15 is 0 Å². The third kappa shape index (κ3) is 2.50. The first-order valence-corrected chi connectivity index (χ1v) is 7.46. The van der Waals surface area contributed by atoms with Crippen LogP contribution >= 0.6 is 0 Å². The number of ether oxygens (including phenoxy) is 2. The number of benzene rings is 2. The lowest BCUT2D eigenvalue weighted by Gasteiger charge is -2.18. The first-order chi connectivity index (χ1) is 11.2. The van der Waals surface area contributed by atoms with Crippen LogP contribution in [0.5, 0.6) is 17.4 Å². The Balaban J connectivity index is 1.71. The molecule has 0 fully saturated rings. The predicted molar refractivity (Wildman–Crippen MR) is 89.4 cm³/mol. The van der Waals surface area contributed by atoms with Crippen LogP contribution in [-0.4, -0.2) is 29.5 Å². The van der Waals surface area contributed by atoms with Gasteiger partial charge in [0.15, 0.2) is 17.4 Å². The summed E-state index contributed by atoms with van der Waals surface area (Å²) in [6.07, 6.45) is 1.67. The van der Waals surface area contributed by atoms with E-state index in [9.17, 15) is 5.11 Å². The van der Waals surface area contributed by atoms with Crippen LogP contribution < -0.4 is 9.47 Å². The molecule has 4 rings (SSSR count). The van der Waals surface area contributed by atoms with Gasteiger partial charge in [0.05, 0.1) is 11.3 Å². The highest BCUT2D eigenvalue weighted by Gasteiger charge is 2.12. The molecule has 3 aromatic rings. The number of nitrogens with one attached hydrogen (secondary N) is 1. The number of aliphatic imine (C=N–C) groups is 1. The van der Waals surface area contributed by atoms with Crippen LogP contribution in [0.4, 0.5) is 5.69 Å². The third-order valence-electron chi connectivity index (χ3n) is 3.84. The standard InChI is InChI=1S/C18H16N2O3/c1-11-2-4-15-13(8-11)14(18(21)20-15)10-19-12-3-5-16-17(9-12)23-7-6-22-16/h2-5,8-10,20-21H,6-7H2,1H3. The van der Waals surface area contributed by atoms with Gasteiger partial charge in [-0.05, 0) is 31.2 Å². The van der Waals surface area contributed by atoms with E-state index in [4.69, 9.17) is 9.47 Å². The van der Waals surface area contributed by atoms with Gasteiger partial charge < -0.3 is 19.6 Å². The van der Waals surface area contributed by atoms with Crippen LogP contribution in [0.2, 0.25) is 0 Å². The van der Waals surface area contributed by atoms with Crippen molar-refractivity contribution in [3.05, 3.63) is 47.5 Å². The Morgan fingerprint density at radius 3 is 2.78 bits per heavy atom. The highest BCUT2D eigenvalue weighted by Crippen LogP contribution is 2.34. The zero-order chi connectivity index (χ0) is 15.8. The number of aromatic nitrogens is 1. The quantitative estimate of drug-likeness (QED) is 0.709. The summed E-state index contributed by atoms with van der Waals surface area (Å²) in [5.41, 5.74) is 3.44. The predicted octanol–water partition coefficient (Wildman–Crippen LogP) is 3.70. The molecule has 0 saturated carbocycles. The maximum absolute atomic E-state index is 10.1. The first-order valence-electron chi connectivity index (χ1n) is 7.46. The Hall–Kier alpha value is -2.95. The second-order valence-electron chi connectivity index (χ2n) is 5.52. The molecule has 2 heterocycles. The van der Waals surface area contributed by atoms with E-state index in [1.807, 2.05) is 43.3 Å². The van der Waals surface area contributed by atoms with E-state index in [2.05, 4.69) is 9.98 Å². The number of hydrogen-bond acceptors (Lipinski definition) is 4. The van der Waals surface area contributed by atoms with E-state index in [-0.39, 0.29) is 5.88 Å². The topological polar surface area (TPSA) is 66.8 Å². The monoisotopic (exact) mass is 308 g/mol. The zero-order valence-electron chi connectivity index (χ0n) is 12.7. The normalized spacial score (nSPS) is 13.8. The maximum Gasteiger partial charge on any atom is 0.198 e. The summed E-state index contributed by atoms with van der Waals surface area (Å²) < 4.78 is 11.1. The van der Waals surface area contributed by atoms with Crippen molar-refractivity contribution in [2.75, 3.05) is 13.2 Å². The summed E-state index contributed by atoms with van der Waals surface area (Å²) in [5, 5.41) is 11.1. The Morgan fingerprint density at radius 1 is 1.09 bits per heavy atom. The van der Waals surface area contributed by atoms with E-state index in [1.165, 1.54) is 0 Å². The van der Waals surface area contributed by atoms with Gasteiger partial charge in [-0.1, -0.05) is 11.6 Å². The molecule has 0 amide bonds. The van der Waals surface area contributed by atoms with Crippen molar-refractivity contribution in [2.45, 2.75) is 6.92 Å². The molecule has 2 aromatic carbocycles. The number of aromatic amines is 1. The molecule has 0 atom stereocenters. The summed E-state index contributed by atoms with van der Waals surface area (Å²) >= 11 is 0. The maximum atomic E-state index is 10.1. The van der Waals surface area contributed by atoms with Gasteiger partial charge in [-0.3, -0.25) is 4.99 Å². The van der Waals surface area contributed by atoms with Gasteiger partial charge in [-0.2, -0.15) is 0 Å². The summed E-state index contributed by atoms with van der Waals surface area (Å²) in [6, 6.07) is 11.5. The fourth-order valence-electron chi connectivity index (χ4n) is 2.69. The van der Waals surface area contributed by atoms with Gasteiger partial charge in [-0.15, -0.1) is 0 Å². The minimum atomic E-state index is 0.117. The van der Waals surface area contributed by atoms with Crippen molar-refractivity contribution in [2.24, 2.45) is 4.99 Å². The second kappa shape index (κ2) is 5.35. The lowest BCUT2D eigenvalue weighted by atomic mass is 10.1. The lowest BCUT2D eigenvalue weighted by Crippen LogP contribution is -2.14.